The second kappa shape index (κ2) is 5.43. The number of hydrogen-bond acceptors (Lipinski definition) is 3. The van der Waals surface area contributed by atoms with Crippen molar-refractivity contribution >= 4 is 12.2 Å². The van der Waals surface area contributed by atoms with E-state index >= 15 is 0 Å². The first-order valence-electron chi connectivity index (χ1n) is 5.67. The predicted octanol–water partition coefficient (Wildman–Crippen LogP) is 1.18. The average molecular weight is 228 g/mol. The third kappa shape index (κ3) is 3.59. The lowest BCUT2D eigenvalue weighted by Crippen LogP contribution is -2.57. The van der Waals surface area contributed by atoms with Gasteiger partial charge in [0.15, 0.2) is 0 Å². The van der Waals surface area contributed by atoms with Crippen LogP contribution in [-0.2, 0) is 9.59 Å². The van der Waals surface area contributed by atoms with Gasteiger partial charge in [-0.1, -0.05) is 13.8 Å². The van der Waals surface area contributed by atoms with Crippen LogP contribution in [-0.4, -0.2) is 34.7 Å². The number of amides is 1. The van der Waals surface area contributed by atoms with Gasteiger partial charge in [-0.3, -0.25) is 4.79 Å². The zero-order valence-electron chi connectivity index (χ0n) is 11.2. The summed E-state index contributed by atoms with van der Waals surface area (Å²) in [6.07, 6.45) is 0.774. The van der Waals surface area contributed by atoms with Gasteiger partial charge in [0.25, 0.3) is 0 Å². The molecule has 0 unspecified atom stereocenters. The molecule has 0 saturated heterocycles. The average Bonchev–Trinajstić information content (AvgIpc) is 2.13. The molecule has 0 saturated carbocycles. The van der Waals surface area contributed by atoms with E-state index < -0.39 is 17.6 Å². The summed E-state index contributed by atoms with van der Waals surface area (Å²) >= 11 is 0. The summed E-state index contributed by atoms with van der Waals surface area (Å²) < 4.78 is 0. The lowest BCUT2D eigenvalue weighted by atomic mass is 9.97. The van der Waals surface area contributed by atoms with Crippen LogP contribution in [0.1, 0.15) is 41.5 Å². The SMILES string of the molecule is CC(C)[C@H](N)C(=O)N([C@@H](C)C=O)C(C)(C)C. The Hall–Kier alpha value is -0.900. The monoisotopic (exact) mass is 228 g/mol. The summed E-state index contributed by atoms with van der Waals surface area (Å²) in [4.78, 5) is 24.6. The number of nitrogens with two attached hydrogens (primary N) is 1. The van der Waals surface area contributed by atoms with E-state index in [0.717, 1.165) is 6.29 Å². The first-order valence-corrected chi connectivity index (χ1v) is 5.67. The van der Waals surface area contributed by atoms with Crippen molar-refractivity contribution in [1.82, 2.24) is 4.90 Å². The molecule has 0 aliphatic rings. The molecule has 0 aliphatic carbocycles. The lowest BCUT2D eigenvalue weighted by Gasteiger charge is -2.40. The standard InChI is InChI=1S/C12H24N2O2/c1-8(2)10(13)11(16)14(9(3)7-15)12(4,5)6/h7-10H,13H2,1-6H3/t9-,10-/m0/s1. The number of nitrogens with zero attached hydrogens (tertiary/aromatic N) is 1. The molecule has 0 rings (SSSR count). The molecule has 0 aromatic carbocycles. The molecular formula is C12H24N2O2. The summed E-state index contributed by atoms with van der Waals surface area (Å²) in [6.45, 7) is 11.2. The Bertz CT molecular complexity index is 256. The molecule has 0 fully saturated rings. The maximum Gasteiger partial charge on any atom is 0.240 e. The minimum Gasteiger partial charge on any atom is -0.327 e. The van der Waals surface area contributed by atoms with Gasteiger partial charge in [-0.05, 0) is 33.6 Å². The molecule has 0 spiro atoms. The van der Waals surface area contributed by atoms with E-state index in [-0.39, 0.29) is 11.8 Å². The third-order valence-corrected chi connectivity index (χ3v) is 2.57. The van der Waals surface area contributed by atoms with Crippen LogP contribution >= 0.6 is 0 Å². The molecule has 0 aromatic rings. The quantitative estimate of drug-likeness (QED) is 0.735. The number of aldehydes is 1. The van der Waals surface area contributed by atoms with Crippen LogP contribution in [0, 0.1) is 5.92 Å². The molecule has 2 N–H and O–H groups in total. The molecular weight excluding hydrogens is 204 g/mol. The van der Waals surface area contributed by atoms with Gasteiger partial charge in [0.2, 0.25) is 5.91 Å². The van der Waals surface area contributed by atoms with E-state index in [0.29, 0.717) is 0 Å². The van der Waals surface area contributed by atoms with E-state index in [1.807, 2.05) is 34.6 Å². The van der Waals surface area contributed by atoms with Gasteiger partial charge >= 0.3 is 0 Å². The molecule has 0 aromatic heterocycles. The molecule has 4 nitrogen and oxygen atoms in total. The van der Waals surface area contributed by atoms with Gasteiger partial charge < -0.3 is 15.4 Å². The van der Waals surface area contributed by atoms with Crippen molar-refractivity contribution in [3.05, 3.63) is 0 Å². The first kappa shape index (κ1) is 15.1. The van der Waals surface area contributed by atoms with Crippen molar-refractivity contribution in [2.24, 2.45) is 11.7 Å². The zero-order valence-corrected chi connectivity index (χ0v) is 11.2. The molecule has 1 amide bonds. The fourth-order valence-corrected chi connectivity index (χ4v) is 1.65. The van der Waals surface area contributed by atoms with Gasteiger partial charge in [-0.15, -0.1) is 0 Å². The summed E-state index contributed by atoms with van der Waals surface area (Å²) in [7, 11) is 0. The Morgan fingerprint density at radius 2 is 1.69 bits per heavy atom. The highest BCUT2D eigenvalue weighted by atomic mass is 16.2. The number of hydrogen-bond donors (Lipinski definition) is 1. The first-order chi connectivity index (χ1) is 7.12. The molecule has 0 radical (unpaired) electrons. The Labute approximate surface area is 98.2 Å². The van der Waals surface area contributed by atoms with E-state index in [9.17, 15) is 9.59 Å². The molecule has 94 valence electrons. The van der Waals surface area contributed by atoms with Crippen LogP contribution in [0.25, 0.3) is 0 Å². The van der Waals surface area contributed by atoms with Crippen LogP contribution in [0.5, 0.6) is 0 Å². The van der Waals surface area contributed by atoms with Crippen molar-refractivity contribution in [3.63, 3.8) is 0 Å². The number of carbonyl (C=O) groups is 2. The van der Waals surface area contributed by atoms with Crippen LogP contribution < -0.4 is 5.73 Å². The van der Waals surface area contributed by atoms with E-state index in [1.165, 1.54) is 0 Å². The van der Waals surface area contributed by atoms with Crippen LogP contribution in [0.2, 0.25) is 0 Å². The molecule has 0 bridgehead atoms. The van der Waals surface area contributed by atoms with E-state index in [2.05, 4.69) is 0 Å². The third-order valence-electron chi connectivity index (χ3n) is 2.57. The topological polar surface area (TPSA) is 63.4 Å². The Balaban J connectivity index is 5.06. The van der Waals surface area contributed by atoms with Gasteiger partial charge in [-0.25, -0.2) is 0 Å². The number of rotatable bonds is 4. The minimum absolute atomic E-state index is 0.0659. The van der Waals surface area contributed by atoms with E-state index in [4.69, 9.17) is 5.73 Å². The Kier molecular flexibility index (Phi) is 5.13. The lowest BCUT2D eigenvalue weighted by molar-refractivity contribution is -0.143. The number of carbonyl (C=O) groups excluding carboxylic acids is 2. The van der Waals surface area contributed by atoms with Gasteiger partial charge in [0.1, 0.15) is 6.29 Å². The maximum absolute atomic E-state index is 12.2. The minimum atomic E-state index is -0.554. The molecule has 0 heterocycles. The highest BCUT2D eigenvalue weighted by molar-refractivity contribution is 5.85. The summed E-state index contributed by atoms with van der Waals surface area (Å²) in [5.74, 6) is -0.0988. The summed E-state index contributed by atoms with van der Waals surface area (Å²) in [5, 5.41) is 0. The van der Waals surface area contributed by atoms with Gasteiger partial charge in [0, 0.05) is 5.54 Å². The summed E-state index contributed by atoms with van der Waals surface area (Å²) in [5.41, 5.74) is 5.44. The van der Waals surface area contributed by atoms with Crippen LogP contribution in [0.3, 0.4) is 0 Å². The summed E-state index contributed by atoms with van der Waals surface area (Å²) in [6, 6.07) is -1.00. The predicted molar refractivity (Wildman–Crippen MR) is 64.9 cm³/mol. The van der Waals surface area contributed by atoms with Gasteiger partial charge in [0.05, 0.1) is 12.1 Å². The second-order valence-electron chi connectivity index (χ2n) is 5.53. The van der Waals surface area contributed by atoms with Crippen molar-refractivity contribution < 1.29 is 9.59 Å². The Morgan fingerprint density at radius 1 is 1.25 bits per heavy atom. The second-order valence-corrected chi connectivity index (χ2v) is 5.53. The largest absolute Gasteiger partial charge is 0.327 e. The smallest absolute Gasteiger partial charge is 0.240 e. The highest BCUT2D eigenvalue weighted by Crippen LogP contribution is 2.19. The molecule has 16 heavy (non-hydrogen) atoms. The van der Waals surface area contributed by atoms with Crippen molar-refractivity contribution in [2.45, 2.75) is 59.2 Å². The van der Waals surface area contributed by atoms with Crippen LogP contribution in [0.4, 0.5) is 0 Å². The highest BCUT2D eigenvalue weighted by Gasteiger charge is 2.34. The fourth-order valence-electron chi connectivity index (χ4n) is 1.65. The van der Waals surface area contributed by atoms with Crippen molar-refractivity contribution in [2.75, 3.05) is 0 Å². The van der Waals surface area contributed by atoms with Crippen molar-refractivity contribution in [1.29, 1.82) is 0 Å². The van der Waals surface area contributed by atoms with E-state index in [1.54, 1.807) is 11.8 Å². The van der Waals surface area contributed by atoms with Crippen molar-refractivity contribution in [3.8, 4) is 0 Å². The van der Waals surface area contributed by atoms with Gasteiger partial charge in [-0.2, -0.15) is 0 Å². The zero-order chi connectivity index (χ0) is 13.1. The maximum atomic E-state index is 12.2. The molecule has 0 aliphatic heterocycles. The normalized spacial score (nSPS) is 15.8. The Morgan fingerprint density at radius 3 is 1.94 bits per heavy atom. The fraction of sp³-hybridized carbons (Fsp3) is 0.833. The van der Waals surface area contributed by atoms with Crippen LogP contribution in [0.15, 0.2) is 0 Å². The molecule has 2 atom stereocenters. The molecule has 4 heteroatoms.